The molecular formula is C26H29N3O4S. The zero-order valence-corrected chi connectivity index (χ0v) is 20.2. The molecule has 1 aliphatic carbocycles. The second kappa shape index (κ2) is 10.7. The van der Waals surface area contributed by atoms with Gasteiger partial charge in [-0.25, -0.2) is 0 Å². The molecule has 2 aromatic heterocycles. The molecule has 0 bridgehead atoms. The van der Waals surface area contributed by atoms with Crippen molar-refractivity contribution in [1.29, 1.82) is 0 Å². The minimum Gasteiger partial charge on any atom is -0.464 e. The minimum absolute atomic E-state index is 0.0825. The first-order valence-electron chi connectivity index (χ1n) is 11.5. The van der Waals surface area contributed by atoms with E-state index in [-0.39, 0.29) is 24.4 Å². The quantitative estimate of drug-likeness (QED) is 0.497. The highest BCUT2D eigenvalue weighted by Crippen LogP contribution is 2.31. The molecule has 1 aliphatic rings. The standard InChI is InChI=1S/C26H29N3O4S/c1-17-7-5-10-20(15-17)29(23(30)16-27-25(31)22-11-6-14-34-22)24(21-13-12-18(2)33-21)26(32)28-19-8-3-4-9-19/h5-7,10-15,19,24H,3-4,8-9,16H2,1-2H3,(H,27,31)(H,28,32). The highest BCUT2D eigenvalue weighted by atomic mass is 32.1. The van der Waals surface area contributed by atoms with Gasteiger partial charge in [0.1, 0.15) is 11.5 Å². The van der Waals surface area contributed by atoms with Gasteiger partial charge in [-0.05, 0) is 68.0 Å². The summed E-state index contributed by atoms with van der Waals surface area (Å²) in [6.07, 6.45) is 3.99. The smallest absolute Gasteiger partial charge is 0.261 e. The van der Waals surface area contributed by atoms with Crippen LogP contribution in [0.15, 0.2) is 58.3 Å². The topological polar surface area (TPSA) is 91.7 Å². The van der Waals surface area contributed by atoms with Crippen molar-refractivity contribution in [3.8, 4) is 0 Å². The fraction of sp³-hybridized carbons (Fsp3) is 0.346. The van der Waals surface area contributed by atoms with E-state index >= 15 is 0 Å². The van der Waals surface area contributed by atoms with Crippen LogP contribution in [-0.4, -0.2) is 30.3 Å². The molecule has 1 saturated carbocycles. The van der Waals surface area contributed by atoms with Gasteiger partial charge < -0.3 is 15.1 Å². The average molecular weight is 480 g/mol. The Morgan fingerprint density at radius 1 is 1.09 bits per heavy atom. The van der Waals surface area contributed by atoms with Crippen molar-refractivity contribution in [2.45, 2.75) is 51.6 Å². The summed E-state index contributed by atoms with van der Waals surface area (Å²) in [6, 6.07) is 13.5. The van der Waals surface area contributed by atoms with Crippen LogP contribution in [0.1, 0.15) is 58.5 Å². The molecule has 3 amide bonds. The number of anilines is 1. The third-order valence-electron chi connectivity index (χ3n) is 5.93. The largest absolute Gasteiger partial charge is 0.464 e. The van der Waals surface area contributed by atoms with E-state index in [1.807, 2.05) is 25.1 Å². The lowest BCUT2D eigenvalue weighted by molar-refractivity contribution is -0.127. The number of hydrogen-bond donors (Lipinski definition) is 2. The molecule has 0 spiro atoms. The molecule has 4 rings (SSSR count). The van der Waals surface area contributed by atoms with Gasteiger partial charge in [0.15, 0.2) is 6.04 Å². The summed E-state index contributed by atoms with van der Waals surface area (Å²) in [7, 11) is 0. The maximum atomic E-state index is 13.6. The second-order valence-corrected chi connectivity index (χ2v) is 9.55. The van der Waals surface area contributed by atoms with E-state index in [0.29, 0.717) is 22.1 Å². The molecule has 34 heavy (non-hydrogen) atoms. The lowest BCUT2D eigenvalue weighted by Gasteiger charge is -2.31. The number of thiophene rings is 1. The fourth-order valence-corrected chi connectivity index (χ4v) is 4.92. The first-order valence-corrected chi connectivity index (χ1v) is 12.4. The van der Waals surface area contributed by atoms with Gasteiger partial charge in [0.25, 0.3) is 11.8 Å². The molecule has 2 heterocycles. The summed E-state index contributed by atoms with van der Waals surface area (Å²) in [6.45, 7) is 3.47. The summed E-state index contributed by atoms with van der Waals surface area (Å²) in [4.78, 5) is 41.6. The summed E-state index contributed by atoms with van der Waals surface area (Å²) in [5, 5.41) is 7.61. The number of hydrogen-bond acceptors (Lipinski definition) is 5. The molecule has 0 saturated heterocycles. The van der Waals surface area contributed by atoms with Crippen LogP contribution in [0.5, 0.6) is 0 Å². The molecule has 0 radical (unpaired) electrons. The van der Waals surface area contributed by atoms with E-state index in [9.17, 15) is 14.4 Å². The first-order chi connectivity index (χ1) is 16.4. The predicted molar refractivity (Wildman–Crippen MR) is 132 cm³/mol. The first kappa shape index (κ1) is 23.8. The Bertz CT molecular complexity index is 1150. The zero-order valence-electron chi connectivity index (χ0n) is 19.4. The van der Waals surface area contributed by atoms with Crippen LogP contribution < -0.4 is 15.5 Å². The van der Waals surface area contributed by atoms with Gasteiger partial charge in [-0.1, -0.05) is 31.0 Å². The van der Waals surface area contributed by atoms with Gasteiger partial charge in [-0.3, -0.25) is 19.3 Å². The summed E-state index contributed by atoms with van der Waals surface area (Å²) in [5.41, 5.74) is 1.51. The van der Waals surface area contributed by atoms with Crippen LogP contribution in [0.25, 0.3) is 0 Å². The molecule has 7 nitrogen and oxygen atoms in total. The van der Waals surface area contributed by atoms with Crippen molar-refractivity contribution in [3.63, 3.8) is 0 Å². The van der Waals surface area contributed by atoms with Gasteiger partial charge in [0.05, 0.1) is 11.4 Å². The Labute approximate surface area is 203 Å². The number of furan rings is 1. The Morgan fingerprint density at radius 2 is 1.88 bits per heavy atom. The van der Waals surface area contributed by atoms with Crippen molar-refractivity contribution in [1.82, 2.24) is 10.6 Å². The molecule has 1 fully saturated rings. The maximum absolute atomic E-state index is 13.6. The van der Waals surface area contributed by atoms with E-state index in [2.05, 4.69) is 10.6 Å². The average Bonchev–Trinajstić information content (AvgIpc) is 3.59. The lowest BCUT2D eigenvalue weighted by atomic mass is 10.1. The molecular weight excluding hydrogens is 450 g/mol. The van der Waals surface area contributed by atoms with Crippen molar-refractivity contribution in [2.75, 3.05) is 11.4 Å². The zero-order chi connectivity index (χ0) is 24.1. The predicted octanol–water partition coefficient (Wildman–Crippen LogP) is 4.52. The number of rotatable bonds is 8. The Hall–Kier alpha value is -3.39. The number of nitrogens with zero attached hydrogens (tertiary/aromatic N) is 1. The highest BCUT2D eigenvalue weighted by Gasteiger charge is 2.36. The number of carbonyl (C=O) groups is 3. The monoisotopic (exact) mass is 479 g/mol. The van der Waals surface area contributed by atoms with Crippen molar-refractivity contribution < 1.29 is 18.8 Å². The van der Waals surface area contributed by atoms with Crippen LogP contribution in [0, 0.1) is 13.8 Å². The summed E-state index contributed by atoms with van der Waals surface area (Å²) >= 11 is 1.30. The highest BCUT2D eigenvalue weighted by molar-refractivity contribution is 7.12. The van der Waals surface area contributed by atoms with Crippen molar-refractivity contribution in [2.24, 2.45) is 0 Å². The van der Waals surface area contributed by atoms with Gasteiger partial charge in [0.2, 0.25) is 5.91 Å². The lowest BCUT2D eigenvalue weighted by Crippen LogP contribution is -2.49. The number of carbonyl (C=O) groups excluding carboxylic acids is 3. The Kier molecular flexibility index (Phi) is 7.47. The van der Waals surface area contributed by atoms with Crippen LogP contribution in [-0.2, 0) is 9.59 Å². The van der Waals surface area contributed by atoms with Crippen molar-refractivity contribution in [3.05, 3.63) is 75.9 Å². The molecule has 1 atom stereocenters. The molecule has 1 aromatic carbocycles. The van der Waals surface area contributed by atoms with E-state index in [0.717, 1.165) is 31.2 Å². The van der Waals surface area contributed by atoms with E-state index < -0.39 is 11.9 Å². The van der Waals surface area contributed by atoms with Crippen LogP contribution in [0.2, 0.25) is 0 Å². The second-order valence-electron chi connectivity index (χ2n) is 8.60. The third kappa shape index (κ3) is 5.56. The van der Waals surface area contributed by atoms with Crippen molar-refractivity contribution >= 4 is 34.7 Å². The number of nitrogens with one attached hydrogen (secondary N) is 2. The molecule has 178 valence electrons. The summed E-state index contributed by atoms with van der Waals surface area (Å²) < 4.78 is 5.86. The SMILES string of the molecule is Cc1cccc(N(C(=O)CNC(=O)c2cccs2)C(C(=O)NC2CCCC2)c2ccc(C)o2)c1. The molecule has 2 N–H and O–H groups in total. The van der Waals surface area contributed by atoms with E-state index in [1.54, 1.807) is 42.6 Å². The minimum atomic E-state index is -0.998. The number of amides is 3. The van der Waals surface area contributed by atoms with Gasteiger partial charge >= 0.3 is 0 Å². The van der Waals surface area contributed by atoms with Crippen LogP contribution in [0.4, 0.5) is 5.69 Å². The van der Waals surface area contributed by atoms with Gasteiger partial charge in [-0.2, -0.15) is 0 Å². The van der Waals surface area contributed by atoms with Crippen LogP contribution in [0.3, 0.4) is 0 Å². The Balaban J connectivity index is 1.66. The molecule has 0 aliphatic heterocycles. The molecule has 3 aromatic rings. The third-order valence-corrected chi connectivity index (χ3v) is 6.80. The fourth-order valence-electron chi connectivity index (χ4n) is 4.28. The number of aryl methyl sites for hydroxylation is 2. The normalized spacial score (nSPS) is 14.5. The molecule has 1 unspecified atom stereocenters. The van der Waals surface area contributed by atoms with Gasteiger partial charge in [0, 0.05) is 11.7 Å². The molecule has 8 heteroatoms. The number of benzene rings is 1. The van der Waals surface area contributed by atoms with E-state index in [4.69, 9.17) is 4.42 Å². The van der Waals surface area contributed by atoms with Gasteiger partial charge in [-0.15, -0.1) is 11.3 Å². The van der Waals surface area contributed by atoms with E-state index in [1.165, 1.54) is 16.2 Å². The van der Waals surface area contributed by atoms with Crippen LogP contribution >= 0.6 is 11.3 Å². The maximum Gasteiger partial charge on any atom is 0.261 e. The summed E-state index contributed by atoms with van der Waals surface area (Å²) in [5.74, 6) is 0.00825. The Morgan fingerprint density at radius 3 is 2.53 bits per heavy atom.